The molecule has 0 aliphatic rings. The van der Waals surface area contributed by atoms with E-state index in [-0.39, 0.29) is 11.6 Å². The molecule has 1 aromatic heterocycles. The van der Waals surface area contributed by atoms with Crippen LogP contribution in [0.5, 0.6) is 0 Å². The van der Waals surface area contributed by atoms with Gasteiger partial charge in [-0.25, -0.2) is 14.5 Å². The highest BCUT2D eigenvalue weighted by Crippen LogP contribution is 2.23. The Morgan fingerprint density at radius 1 is 0.969 bits per heavy atom. The molecule has 0 amide bonds. The van der Waals surface area contributed by atoms with Gasteiger partial charge in [0.2, 0.25) is 0 Å². The summed E-state index contributed by atoms with van der Waals surface area (Å²) in [7, 11) is 0. The molecule has 0 aliphatic heterocycles. The Balaban J connectivity index is 1.60. The van der Waals surface area contributed by atoms with Crippen LogP contribution in [-0.4, -0.2) is 33.1 Å². The van der Waals surface area contributed by atoms with Crippen molar-refractivity contribution in [3.05, 3.63) is 99.2 Å². The van der Waals surface area contributed by atoms with Gasteiger partial charge in [0.05, 0.1) is 5.69 Å². The molecule has 0 spiro atoms. The number of aryl methyl sites for hydroxylation is 1. The number of ether oxygens (including phenoxy) is 1. The summed E-state index contributed by atoms with van der Waals surface area (Å²) < 4.78 is 7.60. The fourth-order valence-electron chi connectivity index (χ4n) is 2.97. The molecule has 0 atom stereocenters. The van der Waals surface area contributed by atoms with E-state index in [0.29, 0.717) is 22.1 Å². The summed E-state index contributed by atoms with van der Waals surface area (Å²) in [5.41, 5.74) is 3.00. The van der Waals surface area contributed by atoms with Crippen molar-refractivity contribution in [1.29, 1.82) is 0 Å². The standard InChI is InChI=1S/C24H17BrClN3O3/c1-15-2-4-17(5-3-15)23-27-22(28-29(23)20-12-10-19(26)11-13-20)24(31)32-14-21(30)16-6-8-18(25)9-7-16/h2-13H,14H2,1H3. The number of carbonyl (C=O) groups excluding carboxylic acids is 2. The van der Waals surface area contributed by atoms with Crippen LogP contribution in [0.15, 0.2) is 77.3 Å². The maximum absolute atomic E-state index is 12.6. The van der Waals surface area contributed by atoms with Crippen LogP contribution in [0.3, 0.4) is 0 Å². The van der Waals surface area contributed by atoms with Crippen molar-refractivity contribution in [2.24, 2.45) is 0 Å². The lowest BCUT2D eigenvalue weighted by Gasteiger charge is -2.06. The van der Waals surface area contributed by atoms with Crippen molar-refractivity contribution in [2.45, 2.75) is 6.92 Å². The number of carbonyl (C=O) groups is 2. The van der Waals surface area contributed by atoms with E-state index >= 15 is 0 Å². The van der Waals surface area contributed by atoms with E-state index in [0.717, 1.165) is 15.6 Å². The largest absolute Gasteiger partial charge is 0.451 e. The zero-order valence-corrected chi connectivity index (χ0v) is 19.3. The van der Waals surface area contributed by atoms with Crippen molar-refractivity contribution in [3.63, 3.8) is 0 Å². The second-order valence-electron chi connectivity index (χ2n) is 7.02. The summed E-state index contributed by atoms with van der Waals surface area (Å²) in [6.45, 7) is 1.58. The minimum Gasteiger partial charge on any atom is -0.451 e. The van der Waals surface area contributed by atoms with Crippen LogP contribution < -0.4 is 0 Å². The van der Waals surface area contributed by atoms with Crippen LogP contribution in [-0.2, 0) is 4.74 Å². The average molecular weight is 511 g/mol. The van der Waals surface area contributed by atoms with Crippen molar-refractivity contribution >= 4 is 39.3 Å². The third-order valence-corrected chi connectivity index (χ3v) is 5.45. The van der Waals surface area contributed by atoms with Gasteiger partial charge in [-0.1, -0.05) is 69.5 Å². The number of hydrogen-bond donors (Lipinski definition) is 0. The predicted molar refractivity (Wildman–Crippen MR) is 125 cm³/mol. The van der Waals surface area contributed by atoms with Crippen LogP contribution in [0.4, 0.5) is 0 Å². The molecule has 32 heavy (non-hydrogen) atoms. The molecule has 0 unspecified atom stereocenters. The molecule has 0 aliphatic carbocycles. The van der Waals surface area contributed by atoms with Crippen molar-refractivity contribution < 1.29 is 14.3 Å². The SMILES string of the molecule is Cc1ccc(-c2nc(C(=O)OCC(=O)c3ccc(Br)cc3)nn2-c2ccc(Cl)cc2)cc1. The summed E-state index contributed by atoms with van der Waals surface area (Å²) in [5, 5.41) is 4.92. The molecule has 3 aromatic carbocycles. The molecule has 6 nitrogen and oxygen atoms in total. The van der Waals surface area contributed by atoms with E-state index in [2.05, 4.69) is 26.0 Å². The Labute approximate surface area is 197 Å². The summed E-state index contributed by atoms with van der Waals surface area (Å²) >= 11 is 9.32. The van der Waals surface area contributed by atoms with E-state index < -0.39 is 12.6 Å². The fraction of sp³-hybridized carbons (Fsp3) is 0.0833. The summed E-state index contributed by atoms with van der Waals surface area (Å²) in [4.78, 5) is 29.3. The van der Waals surface area contributed by atoms with Gasteiger partial charge in [0.15, 0.2) is 18.2 Å². The normalized spacial score (nSPS) is 10.7. The Bertz CT molecular complexity index is 1200. The molecule has 0 fully saturated rings. The first-order valence-electron chi connectivity index (χ1n) is 9.66. The molecule has 0 saturated carbocycles. The Morgan fingerprint density at radius 3 is 2.28 bits per heavy atom. The Morgan fingerprint density at radius 2 is 1.62 bits per heavy atom. The zero-order chi connectivity index (χ0) is 22.7. The first kappa shape index (κ1) is 21.9. The second-order valence-corrected chi connectivity index (χ2v) is 8.37. The van der Waals surface area contributed by atoms with Crippen LogP contribution in [0.25, 0.3) is 17.1 Å². The lowest BCUT2D eigenvalue weighted by atomic mass is 10.1. The third-order valence-electron chi connectivity index (χ3n) is 4.67. The highest BCUT2D eigenvalue weighted by atomic mass is 79.9. The smallest absolute Gasteiger partial charge is 0.378 e. The van der Waals surface area contributed by atoms with E-state index in [1.807, 2.05) is 31.2 Å². The molecular formula is C24H17BrClN3O3. The maximum Gasteiger partial charge on any atom is 0.378 e. The Hall–Kier alpha value is -3.29. The zero-order valence-electron chi connectivity index (χ0n) is 17.0. The molecular weight excluding hydrogens is 494 g/mol. The van der Waals surface area contributed by atoms with Crippen molar-refractivity contribution in [3.8, 4) is 17.1 Å². The molecule has 4 rings (SSSR count). The molecule has 0 bridgehead atoms. The molecule has 0 radical (unpaired) electrons. The molecule has 160 valence electrons. The summed E-state index contributed by atoms with van der Waals surface area (Å²) in [6, 6.07) is 21.5. The minimum atomic E-state index is -0.781. The number of hydrogen-bond acceptors (Lipinski definition) is 5. The number of esters is 1. The third kappa shape index (κ3) is 4.95. The van der Waals surface area contributed by atoms with Crippen LogP contribution >= 0.6 is 27.5 Å². The van der Waals surface area contributed by atoms with E-state index in [1.54, 1.807) is 53.2 Å². The van der Waals surface area contributed by atoms with Gasteiger partial charge in [0.25, 0.3) is 5.82 Å². The molecule has 1 heterocycles. The number of nitrogens with zero attached hydrogens (tertiary/aromatic N) is 3. The lowest BCUT2D eigenvalue weighted by molar-refractivity contribution is 0.0462. The van der Waals surface area contributed by atoms with Gasteiger partial charge in [0, 0.05) is 20.6 Å². The van der Waals surface area contributed by atoms with Gasteiger partial charge in [0.1, 0.15) is 0 Å². The highest BCUT2D eigenvalue weighted by Gasteiger charge is 2.21. The number of ketones is 1. The topological polar surface area (TPSA) is 74.1 Å². The van der Waals surface area contributed by atoms with E-state index in [9.17, 15) is 9.59 Å². The van der Waals surface area contributed by atoms with Gasteiger partial charge in [-0.15, -0.1) is 5.10 Å². The van der Waals surface area contributed by atoms with Crippen LogP contribution in [0, 0.1) is 6.92 Å². The fourth-order valence-corrected chi connectivity index (χ4v) is 3.36. The van der Waals surface area contributed by atoms with E-state index in [4.69, 9.17) is 16.3 Å². The van der Waals surface area contributed by atoms with Gasteiger partial charge in [-0.05, 0) is 43.3 Å². The van der Waals surface area contributed by atoms with Gasteiger partial charge in [-0.3, -0.25) is 4.79 Å². The molecule has 0 saturated heterocycles. The average Bonchev–Trinajstić information content (AvgIpc) is 3.24. The van der Waals surface area contributed by atoms with Gasteiger partial charge in [-0.2, -0.15) is 0 Å². The van der Waals surface area contributed by atoms with Gasteiger partial charge < -0.3 is 4.74 Å². The summed E-state index contributed by atoms with van der Waals surface area (Å²) in [5.74, 6) is -0.768. The van der Waals surface area contributed by atoms with E-state index in [1.165, 1.54) is 0 Å². The maximum atomic E-state index is 12.6. The van der Waals surface area contributed by atoms with Gasteiger partial charge >= 0.3 is 5.97 Å². The van der Waals surface area contributed by atoms with Crippen LogP contribution in [0.2, 0.25) is 5.02 Å². The first-order valence-corrected chi connectivity index (χ1v) is 10.8. The molecule has 4 aromatic rings. The number of halogens is 2. The quantitative estimate of drug-likeness (QED) is 0.246. The highest BCUT2D eigenvalue weighted by molar-refractivity contribution is 9.10. The minimum absolute atomic E-state index is 0.140. The molecule has 0 N–H and O–H groups in total. The lowest BCUT2D eigenvalue weighted by Crippen LogP contribution is -2.15. The summed E-state index contributed by atoms with van der Waals surface area (Å²) in [6.07, 6.45) is 0. The predicted octanol–water partition coefficient (Wildman–Crippen LogP) is 5.70. The number of Topliss-reactive ketones (excluding diaryl/α,β-unsaturated/α-hetero) is 1. The first-order chi connectivity index (χ1) is 15.4. The van der Waals surface area contributed by atoms with Crippen molar-refractivity contribution in [1.82, 2.24) is 14.8 Å². The number of rotatable bonds is 6. The Kier molecular flexibility index (Phi) is 6.48. The monoisotopic (exact) mass is 509 g/mol. The van der Waals surface area contributed by atoms with Crippen molar-refractivity contribution in [2.75, 3.05) is 6.61 Å². The number of benzene rings is 3. The number of aromatic nitrogens is 3. The van der Waals surface area contributed by atoms with Crippen LogP contribution in [0.1, 0.15) is 26.5 Å². The second kappa shape index (κ2) is 9.46. The molecule has 8 heteroatoms.